The van der Waals surface area contributed by atoms with Gasteiger partial charge in [-0.15, -0.1) is 0 Å². The molecular formula is C12H7F4N3O. The van der Waals surface area contributed by atoms with E-state index in [2.05, 4.69) is 14.7 Å². The normalized spacial score (nSPS) is 12.2. The summed E-state index contributed by atoms with van der Waals surface area (Å²) in [7, 11) is 1.50. The Bertz CT molecular complexity index is 788. The molecule has 8 heteroatoms. The van der Waals surface area contributed by atoms with Gasteiger partial charge in [0.1, 0.15) is 17.6 Å². The van der Waals surface area contributed by atoms with E-state index in [-0.39, 0.29) is 16.9 Å². The smallest absolute Gasteiger partial charge is 0.363 e. The lowest BCUT2D eigenvalue weighted by molar-refractivity contribution is -0.142. The SMILES string of the molecule is Cn1c(-c2conc2C(F)(F)F)nc2c(F)cccc21. The van der Waals surface area contributed by atoms with Crippen LogP contribution in [0.2, 0.25) is 0 Å². The Hall–Kier alpha value is -2.38. The van der Waals surface area contributed by atoms with Gasteiger partial charge in [-0.3, -0.25) is 0 Å². The molecule has 104 valence electrons. The highest BCUT2D eigenvalue weighted by atomic mass is 19.4. The number of para-hydroxylation sites is 1. The quantitative estimate of drug-likeness (QED) is 0.644. The van der Waals surface area contributed by atoms with Crippen LogP contribution in [0.3, 0.4) is 0 Å². The summed E-state index contributed by atoms with van der Waals surface area (Å²) in [5.41, 5.74) is -1.12. The summed E-state index contributed by atoms with van der Waals surface area (Å²) in [6, 6.07) is 4.22. The molecule has 0 fully saturated rings. The first-order valence-corrected chi connectivity index (χ1v) is 5.52. The molecular weight excluding hydrogens is 278 g/mol. The van der Waals surface area contributed by atoms with Gasteiger partial charge in [-0.1, -0.05) is 11.2 Å². The van der Waals surface area contributed by atoms with E-state index in [1.165, 1.54) is 23.7 Å². The number of hydrogen-bond acceptors (Lipinski definition) is 3. The first-order valence-electron chi connectivity index (χ1n) is 5.52. The van der Waals surface area contributed by atoms with Crippen LogP contribution in [0.15, 0.2) is 29.0 Å². The summed E-state index contributed by atoms with van der Waals surface area (Å²) in [6.45, 7) is 0. The average molecular weight is 285 g/mol. The molecule has 3 aromatic rings. The number of aryl methyl sites for hydroxylation is 1. The van der Waals surface area contributed by atoms with Gasteiger partial charge in [-0.05, 0) is 12.1 Å². The summed E-state index contributed by atoms with van der Waals surface area (Å²) < 4.78 is 57.8. The number of nitrogens with zero attached hydrogens (tertiary/aromatic N) is 3. The number of alkyl halides is 3. The molecule has 3 rings (SSSR count). The highest BCUT2D eigenvalue weighted by molar-refractivity contribution is 5.81. The van der Waals surface area contributed by atoms with Crippen LogP contribution in [0, 0.1) is 5.82 Å². The van der Waals surface area contributed by atoms with E-state index in [0.717, 1.165) is 6.26 Å². The van der Waals surface area contributed by atoms with Crippen molar-refractivity contribution in [1.82, 2.24) is 14.7 Å². The van der Waals surface area contributed by atoms with E-state index in [4.69, 9.17) is 0 Å². The van der Waals surface area contributed by atoms with Crippen LogP contribution < -0.4 is 0 Å². The largest absolute Gasteiger partial charge is 0.437 e. The van der Waals surface area contributed by atoms with Crippen molar-refractivity contribution in [3.05, 3.63) is 36.0 Å². The molecule has 0 aliphatic heterocycles. The van der Waals surface area contributed by atoms with Gasteiger partial charge < -0.3 is 9.09 Å². The van der Waals surface area contributed by atoms with Crippen molar-refractivity contribution in [1.29, 1.82) is 0 Å². The van der Waals surface area contributed by atoms with Crippen LogP contribution in [0.25, 0.3) is 22.4 Å². The van der Waals surface area contributed by atoms with Crippen molar-refractivity contribution in [3.8, 4) is 11.4 Å². The number of hydrogen-bond donors (Lipinski definition) is 0. The lowest BCUT2D eigenvalue weighted by Crippen LogP contribution is -2.08. The fourth-order valence-electron chi connectivity index (χ4n) is 2.02. The molecule has 0 saturated heterocycles. The van der Waals surface area contributed by atoms with Crippen LogP contribution in [-0.4, -0.2) is 14.7 Å². The summed E-state index contributed by atoms with van der Waals surface area (Å²) in [6.07, 6.45) is -3.82. The topological polar surface area (TPSA) is 43.9 Å². The third-order valence-corrected chi connectivity index (χ3v) is 2.94. The van der Waals surface area contributed by atoms with E-state index in [0.29, 0.717) is 5.52 Å². The van der Waals surface area contributed by atoms with Gasteiger partial charge in [0.05, 0.1) is 11.1 Å². The second kappa shape index (κ2) is 4.06. The second-order valence-electron chi connectivity index (χ2n) is 4.18. The molecule has 0 spiro atoms. The van der Waals surface area contributed by atoms with Gasteiger partial charge in [0, 0.05) is 7.05 Å². The van der Waals surface area contributed by atoms with Crippen LogP contribution in [0.4, 0.5) is 17.6 Å². The Kier molecular flexibility index (Phi) is 2.56. The van der Waals surface area contributed by atoms with Crippen molar-refractivity contribution in [3.63, 3.8) is 0 Å². The van der Waals surface area contributed by atoms with Crippen molar-refractivity contribution >= 4 is 11.0 Å². The molecule has 0 bridgehead atoms. The van der Waals surface area contributed by atoms with Crippen molar-refractivity contribution in [2.45, 2.75) is 6.18 Å². The van der Waals surface area contributed by atoms with Gasteiger partial charge in [-0.2, -0.15) is 13.2 Å². The number of rotatable bonds is 1. The van der Waals surface area contributed by atoms with E-state index >= 15 is 0 Å². The number of halogens is 4. The fraction of sp³-hybridized carbons (Fsp3) is 0.167. The van der Waals surface area contributed by atoms with E-state index in [1.54, 1.807) is 6.07 Å². The van der Waals surface area contributed by atoms with E-state index in [9.17, 15) is 17.6 Å². The van der Waals surface area contributed by atoms with Crippen LogP contribution >= 0.6 is 0 Å². The number of imidazole rings is 1. The van der Waals surface area contributed by atoms with E-state index in [1.807, 2.05) is 0 Å². The molecule has 0 unspecified atom stereocenters. The molecule has 4 nitrogen and oxygen atoms in total. The highest BCUT2D eigenvalue weighted by Gasteiger charge is 2.39. The molecule has 0 N–H and O–H groups in total. The van der Waals surface area contributed by atoms with E-state index < -0.39 is 17.7 Å². The van der Waals surface area contributed by atoms with Crippen molar-refractivity contribution in [2.24, 2.45) is 7.05 Å². The first kappa shape index (κ1) is 12.6. The Morgan fingerprint density at radius 2 is 2.00 bits per heavy atom. The Morgan fingerprint density at radius 1 is 1.25 bits per heavy atom. The minimum absolute atomic E-state index is 0.000625. The molecule has 0 aliphatic carbocycles. The molecule has 2 aromatic heterocycles. The Labute approximate surface area is 109 Å². The summed E-state index contributed by atoms with van der Waals surface area (Å²) in [5.74, 6) is -0.659. The minimum atomic E-state index is -4.67. The molecule has 0 aliphatic rings. The summed E-state index contributed by atoms with van der Waals surface area (Å²) in [4.78, 5) is 3.92. The van der Waals surface area contributed by atoms with Gasteiger partial charge in [0.15, 0.2) is 11.5 Å². The Balaban J connectivity index is 2.29. The maximum Gasteiger partial charge on any atom is 0.437 e. The predicted molar refractivity (Wildman–Crippen MR) is 61.2 cm³/mol. The lowest BCUT2D eigenvalue weighted by atomic mass is 10.2. The average Bonchev–Trinajstić information content (AvgIpc) is 2.95. The van der Waals surface area contributed by atoms with Crippen LogP contribution in [0.1, 0.15) is 5.69 Å². The number of fused-ring (bicyclic) bond motifs is 1. The van der Waals surface area contributed by atoms with Crippen LogP contribution in [0.5, 0.6) is 0 Å². The summed E-state index contributed by atoms with van der Waals surface area (Å²) in [5, 5.41) is 2.95. The molecule has 0 amide bonds. The third kappa shape index (κ3) is 1.75. The number of aromatic nitrogens is 3. The molecule has 2 heterocycles. The van der Waals surface area contributed by atoms with Crippen molar-refractivity contribution < 1.29 is 22.1 Å². The zero-order valence-electron chi connectivity index (χ0n) is 10.1. The molecule has 1 aromatic carbocycles. The molecule has 0 saturated carbocycles. The van der Waals surface area contributed by atoms with Crippen LogP contribution in [-0.2, 0) is 13.2 Å². The molecule has 20 heavy (non-hydrogen) atoms. The van der Waals surface area contributed by atoms with Gasteiger partial charge in [-0.25, -0.2) is 9.37 Å². The Morgan fingerprint density at radius 3 is 2.65 bits per heavy atom. The molecule has 0 atom stereocenters. The predicted octanol–water partition coefficient (Wildman–Crippen LogP) is 3.39. The minimum Gasteiger partial charge on any atom is -0.363 e. The fourth-order valence-corrected chi connectivity index (χ4v) is 2.02. The first-order chi connectivity index (χ1) is 9.39. The van der Waals surface area contributed by atoms with Gasteiger partial charge in [0.2, 0.25) is 0 Å². The monoisotopic (exact) mass is 285 g/mol. The maximum atomic E-state index is 13.6. The highest BCUT2D eigenvalue weighted by Crippen LogP contribution is 2.36. The lowest BCUT2D eigenvalue weighted by Gasteiger charge is -2.04. The maximum absolute atomic E-state index is 13.6. The summed E-state index contributed by atoms with van der Waals surface area (Å²) >= 11 is 0. The zero-order chi connectivity index (χ0) is 14.5. The third-order valence-electron chi connectivity index (χ3n) is 2.94. The number of benzene rings is 1. The van der Waals surface area contributed by atoms with Gasteiger partial charge in [0.25, 0.3) is 0 Å². The van der Waals surface area contributed by atoms with Crippen molar-refractivity contribution in [2.75, 3.05) is 0 Å². The zero-order valence-corrected chi connectivity index (χ0v) is 10.1. The standard InChI is InChI=1S/C12H7F4N3O/c1-19-8-4-2-3-7(13)9(8)17-11(19)6-5-20-18-10(6)12(14,15)16/h2-5H,1H3. The molecule has 0 radical (unpaired) electrons. The van der Waals surface area contributed by atoms with Gasteiger partial charge >= 0.3 is 6.18 Å². The second-order valence-corrected chi connectivity index (χ2v) is 4.18.